The normalized spacial score (nSPS) is 22.7. The van der Waals surface area contributed by atoms with E-state index >= 15 is 0 Å². The summed E-state index contributed by atoms with van der Waals surface area (Å²) in [5.41, 5.74) is 3.80. The van der Waals surface area contributed by atoms with Gasteiger partial charge in [0, 0.05) is 18.4 Å². The third kappa shape index (κ3) is 7.44. The van der Waals surface area contributed by atoms with E-state index in [0.29, 0.717) is 22.7 Å². The molecule has 6 rings (SSSR count). The number of hydrogen-bond acceptors (Lipinski definition) is 5. The molecule has 3 amide bonds. The van der Waals surface area contributed by atoms with Crippen LogP contribution in [-0.2, 0) is 9.59 Å². The first-order chi connectivity index (χ1) is 22.1. The molecule has 2 saturated heterocycles. The van der Waals surface area contributed by atoms with Crippen molar-refractivity contribution < 1.29 is 23.2 Å². The maximum atomic E-state index is 14.7. The monoisotopic (exact) mass is 629 g/mol. The summed E-state index contributed by atoms with van der Waals surface area (Å²) >= 11 is 0. The Kier molecular flexibility index (Phi) is 9.44. The molecule has 10 heteroatoms. The molecule has 2 aromatic carbocycles. The molecule has 3 heterocycles. The molecule has 8 nitrogen and oxygen atoms in total. The molecule has 46 heavy (non-hydrogen) atoms. The Labute approximate surface area is 268 Å². The zero-order valence-corrected chi connectivity index (χ0v) is 26.3. The lowest BCUT2D eigenvalue weighted by atomic mass is 9.87. The summed E-state index contributed by atoms with van der Waals surface area (Å²) in [5, 5.41) is 6.15. The number of nitrogens with zero attached hydrogens (tertiary/aromatic N) is 3. The van der Waals surface area contributed by atoms with Crippen LogP contribution < -0.4 is 10.6 Å². The van der Waals surface area contributed by atoms with E-state index in [0.717, 1.165) is 37.1 Å². The number of allylic oxidation sites excluding steroid dienone is 1. The van der Waals surface area contributed by atoms with Crippen LogP contribution >= 0.6 is 0 Å². The first kappa shape index (κ1) is 31.8. The van der Waals surface area contributed by atoms with E-state index in [2.05, 4.69) is 57.9 Å². The Morgan fingerprint density at radius 3 is 2.67 bits per heavy atom. The predicted molar refractivity (Wildman–Crippen MR) is 173 cm³/mol. The van der Waals surface area contributed by atoms with E-state index in [1.807, 2.05) is 6.92 Å². The van der Waals surface area contributed by atoms with Crippen LogP contribution in [0.1, 0.15) is 78.2 Å². The maximum absolute atomic E-state index is 14.7. The molecule has 3 aliphatic rings. The van der Waals surface area contributed by atoms with E-state index in [4.69, 9.17) is 0 Å². The van der Waals surface area contributed by atoms with Crippen molar-refractivity contribution in [3.05, 3.63) is 82.8 Å². The number of alkyl halides is 1. The van der Waals surface area contributed by atoms with Crippen LogP contribution in [0, 0.1) is 11.7 Å². The zero-order chi connectivity index (χ0) is 32.4. The molecule has 4 atom stereocenters. The number of aromatic nitrogens is 1. The maximum Gasteiger partial charge on any atom is 0.270 e. The molecule has 1 aliphatic carbocycles. The highest BCUT2D eigenvalue weighted by Gasteiger charge is 2.40. The predicted octanol–water partition coefficient (Wildman–Crippen LogP) is 5.15. The quantitative estimate of drug-likeness (QED) is 0.342. The number of amides is 3. The average Bonchev–Trinajstić information content (AvgIpc) is 3.80. The van der Waals surface area contributed by atoms with Gasteiger partial charge in [0.05, 0.1) is 24.6 Å². The van der Waals surface area contributed by atoms with Crippen molar-refractivity contribution in [2.75, 3.05) is 33.2 Å². The average molecular weight is 630 g/mol. The first-order valence-electron chi connectivity index (χ1n) is 16.2. The van der Waals surface area contributed by atoms with Gasteiger partial charge in [-0.3, -0.25) is 14.4 Å². The largest absolute Gasteiger partial charge is 0.348 e. The highest BCUT2D eigenvalue weighted by atomic mass is 19.1. The number of pyridine rings is 1. The van der Waals surface area contributed by atoms with Gasteiger partial charge in [0.1, 0.15) is 23.7 Å². The highest BCUT2D eigenvalue weighted by Crippen LogP contribution is 2.34. The van der Waals surface area contributed by atoms with Gasteiger partial charge in [-0.2, -0.15) is 0 Å². The van der Waals surface area contributed by atoms with Crippen molar-refractivity contribution in [1.82, 2.24) is 25.4 Å². The number of hydrogen-bond donors (Lipinski definition) is 2. The molecule has 1 aromatic heterocycles. The number of nitrogens with one attached hydrogen (secondary N) is 2. The molecular weight excluding hydrogens is 588 g/mol. The summed E-state index contributed by atoms with van der Waals surface area (Å²) in [6.45, 7) is 3.37. The van der Waals surface area contributed by atoms with Crippen molar-refractivity contribution in [3.8, 4) is 0 Å². The number of fused-ring (bicyclic) bond motifs is 1. The van der Waals surface area contributed by atoms with Crippen LogP contribution in [0.2, 0.25) is 0 Å². The van der Waals surface area contributed by atoms with Crippen molar-refractivity contribution >= 4 is 34.7 Å². The van der Waals surface area contributed by atoms with Crippen molar-refractivity contribution in [1.29, 1.82) is 0 Å². The summed E-state index contributed by atoms with van der Waals surface area (Å²) in [7, 11) is 2.14. The molecule has 2 aliphatic heterocycles. The number of benzene rings is 2. The van der Waals surface area contributed by atoms with Crippen molar-refractivity contribution in [3.63, 3.8) is 0 Å². The van der Waals surface area contributed by atoms with Crippen molar-refractivity contribution in [2.45, 2.75) is 63.2 Å². The third-order valence-corrected chi connectivity index (χ3v) is 9.36. The van der Waals surface area contributed by atoms with Gasteiger partial charge in [-0.05, 0) is 99.0 Å². The number of likely N-dealkylation sites (N-methyl/N-ethyl adjacent to an activating group) is 1. The molecule has 1 saturated carbocycles. The number of likely N-dealkylation sites (tertiary alicyclic amines) is 2. The van der Waals surface area contributed by atoms with Gasteiger partial charge in [-0.1, -0.05) is 36.4 Å². The molecule has 0 bridgehead atoms. The van der Waals surface area contributed by atoms with E-state index in [9.17, 15) is 23.2 Å². The molecule has 0 radical (unpaired) electrons. The standard InChI is InChI=1S/C36H41F2N5O3/c1-22(30-17-25(27-4-3-15-42(2)20-27)10-9-24(30)8-7-23-5-6-23)40-36(46)33-18-29(38)21-43(33)34(44)19-39-35(45)32-13-11-26-16-28(37)12-14-31(26)41-32/h7-14,16-17,22-23,27,29,33H,3-6,15,18-21H2,1-2H3,(H,39,45)(H,40,46)/b8-7+/t22-,27+,29+,33-/m0/s1. The first-order valence-corrected chi connectivity index (χ1v) is 16.2. The number of piperidine rings is 1. The summed E-state index contributed by atoms with van der Waals surface area (Å²) in [5.74, 6) is -0.961. The van der Waals surface area contributed by atoms with E-state index < -0.39 is 42.3 Å². The highest BCUT2D eigenvalue weighted by molar-refractivity contribution is 5.97. The van der Waals surface area contributed by atoms with Crippen molar-refractivity contribution in [2.24, 2.45) is 5.92 Å². The smallest absolute Gasteiger partial charge is 0.270 e. The molecule has 0 unspecified atom stereocenters. The Balaban J connectivity index is 1.12. The number of carbonyl (C=O) groups excluding carboxylic acids is 3. The minimum absolute atomic E-state index is 0.0634. The van der Waals surface area contributed by atoms with E-state index in [1.165, 1.54) is 47.6 Å². The van der Waals surface area contributed by atoms with Gasteiger partial charge >= 0.3 is 0 Å². The lowest BCUT2D eigenvalue weighted by molar-refractivity contribution is -0.138. The Morgan fingerprint density at radius 2 is 1.89 bits per heavy atom. The van der Waals surface area contributed by atoms with Crippen LogP contribution in [0.3, 0.4) is 0 Å². The fourth-order valence-electron chi connectivity index (χ4n) is 6.61. The Bertz CT molecular complexity index is 1660. The lowest BCUT2D eigenvalue weighted by Crippen LogP contribution is -2.49. The van der Waals surface area contributed by atoms with Gasteiger partial charge in [0.15, 0.2) is 0 Å². The summed E-state index contributed by atoms with van der Waals surface area (Å²) in [6, 6.07) is 12.2. The zero-order valence-electron chi connectivity index (χ0n) is 26.3. The van der Waals surface area contributed by atoms with Crippen LogP contribution in [0.5, 0.6) is 0 Å². The van der Waals surface area contributed by atoms with Gasteiger partial charge < -0.3 is 20.4 Å². The van der Waals surface area contributed by atoms with E-state index in [1.54, 1.807) is 6.07 Å². The molecular formula is C36H41F2N5O3. The Morgan fingerprint density at radius 1 is 1.07 bits per heavy atom. The van der Waals surface area contributed by atoms with Gasteiger partial charge in [0.25, 0.3) is 5.91 Å². The third-order valence-electron chi connectivity index (χ3n) is 9.36. The summed E-state index contributed by atoms with van der Waals surface area (Å²) in [4.78, 5) is 47.4. The molecule has 3 fully saturated rings. The second kappa shape index (κ2) is 13.7. The molecule has 3 aromatic rings. The van der Waals surface area contributed by atoms with Gasteiger partial charge in [-0.25, -0.2) is 13.8 Å². The topological polar surface area (TPSA) is 94.6 Å². The number of rotatable bonds is 9. The molecule has 242 valence electrons. The van der Waals surface area contributed by atoms with Gasteiger partial charge in [-0.15, -0.1) is 0 Å². The molecule has 0 spiro atoms. The SMILES string of the molecule is C[C@H](NC(=O)[C@@H]1C[C@@H](F)CN1C(=O)CNC(=O)c1ccc2cc(F)ccc2n1)c1cc([C@@H]2CCCN(C)C2)ccc1/C=C/C1CC1. The van der Waals surface area contributed by atoms with Crippen LogP contribution in [0.4, 0.5) is 8.78 Å². The van der Waals surface area contributed by atoms with Crippen LogP contribution in [0.25, 0.3) is 17.0 Å². The fourth-order valence-corrected chi connectivity index (χ4v) is 6.61. The van der Waals surface area contributed by atoms with E-state index in [-0.39, 0.29) is 24.7 Å². The van der Waals surface area contributed by atoms with Crippen LogP contribution in [-0.4, -0.2) is 77.9 Å². The molecule has 2 N–H and O–H groups in total. The summed E-state index contributed by atoms with van der Waals surface area (Å²) in [6.07, 6.45) is 7.56. The van der Waals surface area contributed by atoms with Crippen LogP contribution in [0.15, 0.2) is 54.6 Å². The fraction of sp³-hybridized carbons (Fsp3) is 0.444. The second-order valence-corrected chi connectivity index (χ2v) is 13.0. The number of carbonyl (C=O) groups is 3. The second-order valence-electron chi connectivity index (χ2n) is 13.0. The lowest BCUT2D eigenvalue weighted by Gasteiger charge is -2.31. The summed E-state index contributed by atoms with van der Waals surface area (Å²) < 4.78 is 28.2. The number of halogens is 2. The minimum Gasteiger partial charge on any atom is -0.348 e. The van der Waals surface area contributed by atoms with Gasteiger partial charge in [0.2, 0.25) is 11.8 Å². The Hall–Kier alpha value is -4.18. The minimum atomic E-state index is -1.35.